The molecule has 1 saturated heterocycles. The normalized spacial score (nSPS) is 24.5. The van der Waals surface area contributed by atoms with E-state index in [-0.39, 0.29) is 28.9 Å². The third-order valence-electron chi connectivity index (χ3n) is 4.38. The number of rotatable bonds is 4. The average molecular weight is 408 g/mol. The molecule has 1 aliphatic heterocycles. The Labute approximate surface area is 162 Å². The van der Waals surface area contributed by atoms with E-state index in [1.807, 2.05) is 0 Å². The van der Waals surface area contributed by atoms with Crippen molar-refractivity contribution in [2.24, 2.45) is 0 Å². The molecule has 28 heavy (non-hydrogen) atoms. The van der Waals surface area contributed by atoms with Gasteiger partial charge in [-0.2, -0.15) is 9.97 Å². The number of nitrogens with zero attached hydrogens (tertiary/aromatic N) is 4. The van der Waals surface area contributed by atoms with Gasteiger partial charge in [0.1, 0.15) is 24.3 Å². The van der Waals surface area contributed by atoms with E-state index in [0.717, 1.165) is 0 Å². The minimum Gasteiger partial charge on any atom is -0.459 e. The molecule has 146 valence electrons. The molecule has 0 bridgehead atoms. The number of esters is 1. The van der Waals surface area contributed by atoms with Gasteiger partial charge in [-0.25, -0.2) is 14.2 Å². The highest BCUT2D eigenvalue weighted by molar-refractivity contribution is 6.28. The number of aliphatic hydroxyl groups excluding tert-OH is 1. The monoisotopic (exact) mass is 407 g/mol. The Kier molecular flexibility index (Phi) is 4.84. The zero-order valence-corrected chi connectivity index (χ0v) is 15.0. The van der Waals surface area contributed by atoms with Crippen LogP contribution in [0.15, 0.2) is 36.7 Å². The number of hydrogen-bond donors (Lipinski definition) is 2. The van der Waals surface area contributed by atoms with Crippen LogP contribution in [0.3, 0.4) is 0 Å². The van der Waals surface area contributed by atoms with Crippen molar-refractivity contribution in [3.05, 3.63) is 47.5 Å². The summed E-state index contributed by atoms with van der Waals surface area (Å²) >= 11 is 5.81. The fraction of sp³-hybridized carbons (Fsp3) is 0.294. The van der Waals surface area contributed by atoms with Gasteiger partial charge in [-0.3, -0.25) is 4.57 Å². The number of nitrogens with two attached hydrogens (primary N) is 1. The first kappa shape index (κ1) is 18.5. The van der Waals surface area contributed by atoms with Gasteiger partial charge in [-0.15, -0.1) is 0 Å². The third kappa shape index (κ3) is 3.26. The number of alkyl halides is 1. The molecule has 3 heterocycles. The van der Waals surface area contributed by atoms with Crippen LogP contribution in [0.5, 0.6) is 0 Å². The third-order valence-corrected chi connectivity index (χ3v) is 4.55. The molecule has 3 aromatic rings. The van der Waals surface area contributed by atoms with Crippen LogP contribution in [-0.2, 0) is 9.47 Å². The van der Waals surface area contributed by atoms with Gasteiger partial charge in [0.15, 0.2) is 23.9 Å². The molecule has 0 radical (unpaired) electrons. The van der Waals surface area contributed by atoms with Gasteiger partial charge in [0, 0.05) is 0 Å². The van der Waals surface area contributed by atoms with E-state index in [1.165, 1.54) is 10.9 Å². The average Bonchev–Trinajstić information content (AvgIpc) is 3.22. The lowest BCUT2D eigenvalue weighted by Crippen LogP contribution is -2.32. The van der Waals surface area contributed by atoms with Crippen LogP contribution < -0.4 is 5.73 Å². The number of carbonyl (C=O) groups is 1. The van der Waals surface area contributed by atoms with Crippen LogP contribution in [0.1, 0.15) is 16.6 Å². The highest BCUT2D eigenvalue weighted by Gasteiger charge is 2.46. The lowest BCUT2D eigenvalue weighted by atomic mass is 10.1. The van der Waals surface area contributed by atoms with Crippen LogP contribution in [-0.4, -0.2) is 55.6 Å². The van der Waals surface area contributed by atoms with Gasteiger partial charge < -0.3 is 20.3 Å². The summed E-state index contributed by atoms with van der Waals surface area (Å²) in [6, 6.07) is 8.31. The van der Waals surface area contributed by atoms with Crippen molar-refractivity contribution < 1.29 is 23.8 Å². The van der Waals surface area contributed by atoms with E-state index >= 15 is 0 Å². The van der Waals surface area contributed by atoms with Crippen molar-refractivity contribution >= 4 is 34.6 Å². The Morgan fingerprint density at radius 1 is 1.36 bits per heavy atom. The van der Waals surface area contributed by atoms with Gasteiger partial charge in [0.05, 0.1) is 11.9 Å². The predicted octanol–water partition coefficient (Wildman–Crippen LogP) is 1.52. The Morgan fingerprint density at radius 3 is 2.86 bits per heavy atom. The fourth-order valence-corrected chi connectivity index (χ4v) is 3.15. The Bertz CT molecular complexity index is 1020. The molecule has 9 nitrogen and oxygen atoms in total. The quantitative estimate of drug-likeness (QED) is 0.492. The lowest BCUT2D eigenvalue weighted by Gasteiger charge is -2.15. The molecule has 4 rings (SSSR count). The van der Waals surface area contributed by atoms with Gasteiger partial charge in [-0.05, 0) is 23.7 Å². The molecule has 0 amide bonds. The van der Waals surface area contributed by atoms with Crippen LogP contribution in [0.25, 0.3) is 11.2 Å². The standard InChI is InChI=1S/C17H15ClFN5O4/c18-17-22-13(20)11-14(23-17)24(7-21-11)15-10(19)12(25)9(28-15)6-27-16(26)8-4-2-1-3-5-8/h1-5,7,9-10,12,15,25H,6H2,(H2,20,22,23)/t9-,10+,12?,15-/m1/s1. The maximum Gasteiger partial charge on any atom is 0.338 e. The van der Waals surface area contributed by atoms with Crippen LogP contribution in [0.2, 0.25) is 5.28 Å². The van der Waals surface area contributed by atoms with Crippen molar-refractivity contribution in [3.63, 3.8) is 0 Å². The zero-order chi connectivity index (χ0) is 19.8. The molecule has 2 aromatic heterocycles. The molecule has 3 N–H and O–H groups in total. The fourth-order valence-electron chi connectivity index (χ4n) is 2.98. The summed E-state index contributed by atoms with van der Waals surface area (Å²) in [7, 11) is 0. The Hall–Kier alpha value is -2.82. The van der Waals surface area contributed by atoms with Crippen molar-refractivity contribution in [1.29, 1.82) is 0 Å². The number of anilines is 1. The van der Waals surface area contributed by atoms with E-state index in [0.29, 0.717) is 5.56 Å². The molecule has 4 atom stereocenters. The molecule has 1 fully saturated rings. The van der Waals surface area contributed by atoms with Crippen LogP contribution in [0, 0.1) is 0 Å². The number of fused-ring (bicyclic) bond motifs is 1. The number of ether oxygens (including phenoxy) is 2. The predicted molar refractivity (Wildman–Crippen MR) is 96.3 cm³/mol. The summed E-state index contributed by atoms with van der Waals surface area (Å²) < 4.78 is 26.7. The number of nitrogen functional groups attached to an aromatic ring is 1. The lowest BCUT2D eigenvalue weighted by molar-refractivity contribution is -0.0529. The van der Waals surface area contributed by atoms with Crippen LogP contribution in [0.4, 0.5) is 10.2 Å². The molecule has 1 aromatic carbocycles. The summed E-state index contributed by atoms with van der Waals surface area (Å²) in [6.07, 6.45) is -4.37. The maximum atomic E-state index is 14.7. The smallest absolute Gasteiger partial charge is 0.338 e. The molecule has 0 aliphatic carbocycles. The van der Waals surface area contributed by atoms with E-state index in [1.54, 1.807) is 30.3 Å². The number of halogens is 2. The molecule has 1 unspecified atom stereocenters. The maximum absolute atomic E-state index is 14.7. The van der Waals surface area contributed by atoms with Crippen molar-refractivity contribution in [1.82, 2.24) is 19.5 Å². The number of aliphatic hydroxyl groups is 1. The molecular weight excluding hydrogens is 393 g/mol. The minimum absolute atomic E-state index is 0.0380. The summed E-state index contributed by atoms with van der Waals surface area (Å²) in [5, 5.41) is 10.1. The highest BCUT2D eigenvalue weighted by Crippen LogP contribution is 2.34. The van der Waals surface area contributed by atoms with Gasteiger partial charge in [-0.1, -0.05) is 18.2 Å². The van der Waals surface area contributed by atoms with Crippen molar-refractivity contribution in [2.75, 3.05) is 12.3 Å². The zero-order valence-electron chi connectivity index (χ0n) is 14.3. The second kappa shape index (κ2) is 7.30. The van der Waals surface area contributed by atoms with Gasteiger partial charge in [0.2, 0.25) is 5.28 Å². The topological polar surface area (TPSA) is 125 Å². The van der Waals surface area contributed by atoms with E-state index in [2.05, 4.69) is 15.0 Å². The minimum atomic E-state index is -1.81. The SMILES string of the molecule is Nc1nc(Cl)nc2c1ncn2[C@@H]1O[C@H](COC(=O)c2ccccc2)C(O)[C@@H]1F. The molecule has 1 aliphatic rings. The number of benzene rings is 1. The second-order valence-electron chi connectivity index (χ2n) is 6.17. The number of carbonyl (C=O) groups excluding carboxylic acids is 1. The van der Waals surface area contributed by atoms with Crippen molar-refractivity contribution in [3.8, 4) is 0 Å². The Balaban J connectivity index is 1.51. The summed E-state index contributed by atoms with van der Waals surface area (Å²) in [6.45, 7) is -0.323. The first-order chi connectivity index (χ1) is 13.5. The van der Waals surface area contributed by atoms with Crippen LogP contribution >= 0.6 is 11.6 Å². The molecule has 11 heteroatoms. The summed E-state index contributed by atoms with van der Waals surface area (Å²) in [5.41, 5.74) is 6.48. The van der Waals surface area contributed by atoms with Gasteiger partial charge in [0.25, 0.3) is 0 Å². The van der Waals surface area contributed by atoms with E-state index in [9.17, 15) is 14.3 Å². The second-order valence-corrected chi connectivity index (χ2v) is 6.50. The molecule has 0 spiro atoms. The van der Waals surface area contributed by atoms with E-state index < -0.39 is 30.6 Å². The first-order valence-corrected chi connectivity index (χ1v) is 8.69. The highest BCUT2D eigenvalue weighted by atomic mass is 35.5. The van der Waals surface area contributed by atoms with E-state index in [4.69, 9.17) is 26.8 Å². The summed E-state index contributed by atoms with van der Waals surface area (Å²) in [5.74, 6) is -0.563. The van der Waals surface area contributed by atoms with Crippen molar-refractivity contribution in [2.45, 2.75) is 24.6 Å². The number of aromatic nitrogens is 4. The molecular formula is C17H15ClFN5O4. The number of hydrogen-bond acceptors (Lipinski definition) is 8. The molecule has 0 saturated carbocycles. The van der Waals surface area contributed by atoms with Gasteiger partial charge >= 0.3 is 5.97 Å². The summed E-state index contributed by atoms with van der Waals surface area (Å²) in [4.78, 5) is 23.9. The first-order valence-electron chi connectivity index (χ1n) is 8.31. The number of imidazole rings is 1. The Morgan fingerprint density at radius 2 is 2.11 bits per heavy atom. The largest absolute Gasteiger partial charge is 0.459 e.